The number of hydrogen-bond donors (Lipinski definition) is 2. The molecule has 2 rings (SSSR count). The van der Waals surface area contributed by atoms with Crippen molar-refractivity contribution in [2.45, 2.75) is 33.3 Å². The Labute approximate surface area is 156 Å². The molecule has 1 aliphatic rings. The second-order valence-electron chi connectivity index (χ2n) is 5.83. The van der Waals surface area contributed by atoms with Crippen LogP contribution < -0.4 is 20.1 Å². The number of rotatable bonds is 6. The molecular formula is C17H28IN3O2. The largest absolute Gasteiger partial charge is 0.486 e. The van der Waals surface area contributed by atoms with Gasteiger partial charge < -0.3 is 20.1 Å². The molecule has 0 saturated carbocycles. The maximum atomic E-state index is 5.92. The first-order valence-corrected chi connectivity index (χ1v) is 8.09. The third-order valence-corrected chi connectivity index (χ3v) is 3.38. The Morgan fingerprint density at radius 2 is 2.00 bits per heavy atom. The monoisotopic (exact) mass is 433 g/mol. The molecule has 1 unspecified atom stereocenters. The summed E-state index contributed by atoms with van der Waals surface area (Å²) in [5, 5.41) is 6.61. The van der Waals surface area contributed by atoms with Crippen LogP contribution in [-0.4, -0.2) is 38.3 Å². The minimum atomic E-state index is -0.0459. The lowest BCUT2D eigenvalue weighted by atomic mass is 10.1. The van der Waals surface area contributed by atoms with E-state index in [9.17, 15) is 0 Å². The lowest BCUT2D eigenvalue weighted by Crippen LogP contribution is -2.40. The van der Waals surface area contributed by atoms with Gasteiger partial charge in [0.15, 0.2) is 23.6 Å². The number of para-hydroxylation sites is 2. The molecule has 0 aliphatic carbocycles. The number of nitrogens with zero attached hydrogens (tertiary/aromatic N) is 1. The second kappa shape index (κ2) is 10.6. The second-order valence-corrected chi connectivity index (χ2v) is 5.83. The van der Waals surface area contributed by atoms with E-state index >= 15 is 0 Å². The van der Waals surface area contributed by atoms with Gasteiger partial charge in [-0.15, -0.1) is 24.0 Å². The molecule has 0 amide bonds. The molecule has 2 N–H and O–H groups in total. The van der Waals surface area contributed by atoms with Gasteiger partial charge >= 0.3 is 0 Å². The van der Waals surface area contributed by atoms with Gasteiger partial charge in [-0.3, -0.25) is 0 Å². The van der Waals surface area contributed by atoms with E-state index in [2.05, 4.69) is 36.4 Å². The van der Waals surface area contributed by atoms with Crippen molar-refractivity contribution < 1.29 is 9.47 Å². The van der Waals surface area contributed by atoms with E-state index in [1.165, 1.54) is 0 Å². The molecule has 0 spiro atoms. The fourth-order valence-corrected chi connectivity index (χ4v) is 2.17. The summed E-state index contributed by atoms with van der Waals surface area (Å²) in [4.78, 5) is 4.60. The molecule has 0 radical (unpaired) electrons. The lowest BCUT2D eigenvalue weighted by Gasteiger charge is -2.25. The van der Waals surface area contributed by atoms with Crippen molar-refractivity contribution in [3.05, 3.63) is 24.3 Å². The molecule has 0 bridgehead atoms. The number of nitrogens with one attached hydrogen (secondary N) is 2. The predicted molar refractivity (Wildman–Crippen MR) is 105 cm³/mol. The number of aliphatic imine (C=N–C) groups is 1. The summed E-state index contributed by atoms with van der Waals surface area (Å²) in [5.74, 6) is 3.13. The lowest BCUT2D eigenvalue weighted by molar-refractivity contribution is 0.0971. The highest BCUT2D eigenvalue weighted by atomic mass is 127. The topological polar surface area (TPSA) is 54.9 Å². The molecule has 1 aromatic carbocycles. The minimum Gasteiger partial charge on any atom is -0.486 e. The number of fused-ring (bicyclic) bond motifs is 1. The zero-order valence-electron chi connectivity index (χ0n) is 14.2. The number of benzene rings is 1. The highest BCUT2D eigenvalue weighted by Gasteiger charge is 2.20. The first-order valence-electron chi connectivity index (χ1n) is 8.09. The van der Waals surface area contributed by atoms with Crippen molar-refractivity contribution in [3.8, 4) is 11.5 Å². The van der Waals surface area contributed by atoms with Crippen LogP contribution in [0, 0.1) is 5.92 Å². The average molecular weight is 433 g/mol. The van der Waals surface area contributed by atoms with Crippen LogP contribution >= 0.6 is 24.0 Å². The van der Waals surface area contributed by atoms with Crippen molar-refractivity contribution in [1.29, 1.82) is 0 Å². The standard InChI is InChI=1S/C17H27N3O2.HI/c1-4-18-17(19-10-9-13(2)3)20-11-14-12-21-15-7-5-6-8-16(15)22-14;/h5-8,13-14H,4,9-12H2,1-3H3,(H2,18,19,20);1H. The molecule has 0 saturated heterocycles. The third kappa shape index (κ3) is 6.85. The molecule has 0 aromatic heterocycles. The summed E-state index contributed by atoms with van der Waals surface area (Å²) in [6, 6.07) is 7.75. The van der Waals surface area contributed by atoms with E-state index in [4.69, 9.17) is 9.47 Å². The van der Waals surface area contributed by atoms with Crippen molar-refractivity contribution in [1.82, 2.24) is 10.6 Å². The van der Waals surface area contributed by atoms with Crippen LogP contribution in [0.25, 0.3) is 0 Å². The fraction of sp³-hybridized carbons (Fsp3) is 0.588. The number of guanidine groups is 1. The fourth-order valence-electron chi connectivity index (χ4n) is 2.17. The van der Waals surface area contributed by atoms with Gasteiger partial charge in [-0.1, -0.05) is 26.0 Å². The summed E-state index contributed by atoms with van der Waals surface area (Å²) >= 11 is 0. The summed E-state index contributed by atoms with van der Waals surface area (Å²) < 4.78 is 11.6. The molecule has 0 fully saturated rings. The number of halogens is 1. The molecule has 1 aromatic rings. The summed E-state index contributed by atoms with van der Waals surface area (Å²) in [7, 11) is 0. The van der Waals surface area contributed by atoms with Gasteiger partial charge in [-0.25, -0.2) is 4.99 Å². The van der Waals surface area contributed by atoms with E-state index in [0.29, 0.717) is 19.1 Å². The first kappa shape index (κ1) is 19.9. The highest BCUT2D eigenvalue weighted by Crippen LogP contribution is 2.30. The van der Waals surface area contributed by atoms with E-state index in [1.807, 2.05) is 24.3 Å². The van der Waals surface area contributed by atoms with Crippen LogP contribution in [0.4, 0.5) is 0 Å². The van der Waals surface area contributed by atoms with Crippen molar-refractivity contribution in [3.63, 3.8) is 0 Å². The average Bonchev–Trinajstić information content (AvgIpc) is 2.52. The maximum absolute atomic E-state index is 5.92. The Morgan fingerprint density at radius 1 is 1.26 bits per heavy atom. The van der Waals surface area contributed by atoms with Crippen LogP contribution in [0.5, 0.6) is 11.5 Å². The quantitative estimate of drug-likeness (QED) is 0.412. The Hall–Kier alpha value is -1.18. The van der Waals surface area contributed by atoms with E-state index in [-0.39, 0.29) is 30.1 Å². The Kier molecular flexibility index (Phi) is 9.13. The predicted octanol–water partition coefficient (Wildman–Crippen LogP) is 3.05. The van der Waals surface area contributed by atoms with Gasteiger partial charge in [-0.2, -0.15) is 0 Å². The van der Waals surface area contributed by atoms with Gasteiger partial charge in [0, 0.05) is 13.1 Å². The molecule has 5 nitrogen and oxygen atoms in total. The molecule has 130 valence electrons. The molecular weight excluding hydrogens is 405 g/mol. The van der Waals surface area contributed by atoms with Gasteiger partial charge in [0.25, 0.3) is 0 Å². The molecule has 1 heterocycles. The molecule has 23 heavy (non-hydrogen) atoms. The van der Waals surface area contributed by atoms with Crippen LogP contribution in [-0.2, 0) is 0 Å². The molecule has 1 atom stereocenters. The van der Waals surface area contributed by atoms with Crippen LogP contribution in [0.2, 0.25) is 0 Å². The molecule has 6 heteroatoms. The van der Waals surface area contributed by atoms with Gasteiger partial charge in [0.2, 0.25) is 0 Å². The zero-order valence-corrected chi connectivity index (χ0v) is 16.5. The summed E-state index contributed by atoms with van der Waals surface area (Å²) in [6.07, 6.45) is 1.08. The van der Waals surface area contributed by atoms with Crippen molar-refractivity contribution in [2.75, 3.05) is 26.2 Å². The van der Waals surface area contributed by atoms with Gasteiger partial charge in [0.05, 0.1) is 6.54 Å². The Balaban J connectivity index is 0.00000264. The Bertz CT molecular complexity index is 494. The van der Waals surface area contributed by atoms with Crippen molar-refractivity contribution in [2.24, 2.45) is 10.9 Å². The normalized spacial score (nSPS) is 16.7. The van der Waals surface area contributed by atoms with Gasteiger partial charge in [-0.05, 0) is 31.4 Å². The Morgan fingerprint density at radius 3 is 2.70 bits per heavy atom. The highest BCUT2D eigenvalue weighted by molar-refractivity contribution is 14.0. The van der Waals surface area contributed by atoms with Crippen molar-refractivity contribution >= 4 is 29.9 Å². The summed E-state index contributed by atoms with van der Waals surface area (Å²) in [5.41, 5.74) is 0. The van der Waals surface area contributed by atoms with Crippen LogP contribution in [0.15, 0.2) is 29.3 Å². The van der Waals surface area contributed by atoms with Crippen LogP contribution in [0.1, 0.15) is 27.2 Å². The van der Waals surface area contributed by atoms with E-state index in [0.717, 1.165) is 37.0 Å². The zero-order chi connectivity index (χ0) is 15.8. The summed E-state index contributed by atoms with van der Waals surface area (Å²) in [6.45, 7) is 9.38. The number of hydrogen-bond acceptors (Lipinski definition) is 3. The molecule has 1 aliphatic heterocycles. The maximum Gasteiger partial charge on any atom is 0.191 e. The SMILES string of the molecule is CCNC(=NCC1COc2ccccc2O1)NCCC(C)C.I. The smallest absolute Gasteiger partial charge is 0.191 e. The minimum absolute atomic E-state index is 0. The third-order valence-electron chi connectivity index (χ3n) is 3.38. The van der Waals surface area contributed by atoms with Crippen LogP contribution in [0.3, 0.4) is 0 Å². The van der Waals surface area contributed by atoms with Gasteiger partial charge in [0.1, 0.15) is 6.61 Å². The van der Waals surface area contributed by atoms with E-state index in [1.54, 1.807) is 0 Å². The number of ether oxygens (including phenoxy) is 2. The first-order chi connectivity index (χ1) is 10.7. The van der Waals surface area contributed by atoms with E-state index < -0.39 is 0 Å².